The first-order valence-electron chi connectivity index (χ1n) is 9.39. The first-order valence-corrected chi connectivity index (χ1v) is 11.7. The maximum absolute atomic E-state index is 13.1. The van der Waals surface area contributed by atoms with Crippen molar-refractivity contribution in [3.05, 3.63) is 83.9 Å². The van der Waals surface area contributed by atoms with Crippen molar-refractivity contribution in [2.45, 2.75) is 11.3 Å². The van der Waals surface area contributed by atoms with Gasteiger partial charge in [-0.1, -0.05) is 47.7 Å². The quantitative estimate of drug-likeness (QED) is 0.518. The van der Waals surface area contributed by atoms with E-state index < -0.39 is 10.0 Å². The molecule has 0 saturated heterocycles. The monoisotopic (exact) mass is 435 g/mol. The van der Waals surface area contributed by atoms with Crippen LogP contribution in [0.2, 0.25) is 0 Å². The van der Waals surface area contributed by atoms with Crippen LogP contribution in [0, 0.1) is 0 Å². The van der Waals surface area contributed by atoms with Crippen LogP contribution in [0.1, 0.15) is 15.9 Å². The molecule has 1 amide bonds. The summed E-state index contributed by atoms with van der Waals surface area (Å²) in [4.78, 5) is 19.4. The van der Waals surface area contributed by atoms with Gasteiger partial charge >= 0.3 is 0 Å². The van der Waals surface area contributed by atoms with Gasteiger partial charge in [0.1, 0.15) is 0 Å². The number of anilines is 2. The molecule has 0 unspecified atom stereocenters. The number of carbonyl (C=O) groups is 1. The molecule has 0 aliphatic carbocycles. The van der Waals surface area contributed by atoms with Crippen molar-refractivity contribution in [2.24, 2.45) is 0 Å². The van der Waals surface area contributed by atoms with Crippen LogP contribution in [0.25, 0.3) is 10.2 Å². The Hall–Kier alpha value is -3.23. The lowest BCUT2D eigenvalue weighted by atomic mass is 10.1. The number of nitrogens with one attached hydrogen (secondary N) is 1. The van der Waals surface area contributed by atoms with E-state index in [4.69, 9.17) is 0 Å². The van der Waals surface area contributed by atoms with E-state index in [9.17, 15) is 13.2 Å². The molecule has 5 rings (SSSR count). The lowest BCUT2D eigenvalue weighted by Gasteiger charge is -2.17. The summed E-state index contributed by atoms with van der Waals surface area (Å²) in [5.41, 5.74) is 3.31. The van der Waals surface area contributed by atoms with Crippen LogP contribution in [0.5, 0.6) is 0 Å². The number of hydrogen-bond donors (Lipinski definition) is 1. The average molecular weight is 436 g/mol. The molecule has 6 nitrogen and oxygen atoms in total. The zero-order valence-electron chi connectivity index (χ0n) is 15.8. The summed E-state index contributed by atoms with van der Waals surface area (Å²) in [7, 11) is -3.71. The molecule has 0 radical (unpaired) electrons. The summed E-state index contributed by atoms with van der Waals surface area (Å²) in [5, 5.41) is 0.268. The molecule has 8 heteroatoms. The van der Waals surface area contributed by atoms with Crippen LogP contribution in [0.15, 0.2) is 77.7 Å². The normalized spacial score (nSPS) is 13.4. The number of para-hydroxylation sites is 1. The molecule has 4 aromatic rings. The number of sulfonamides is 1. The average Bonchev–Trinajstić information content (AvgIpc) is 3.36. The second kappa shape index (κ2) is 7.23. The van der Waals surface area contributed by atoms with Crippen LogP contribution in [0.4, 0.5) is 10.8 Å². The highest BCUT2D eigenvalue weighted by Gasteiger charge is 2.25. The molecule has 2 heterocycles. The standard InChI is InChI=1S/C22H17N3O3S2/c26-21(25-13-12-15-6-4-5-9-19(15)25)16-10-11-18-20(14-16)29-22(23-18)24-30(27,28)17-7-2-1-3-8-17/h1-11,14H,12-13H2,(H,23,24). The Morgan fingerprint density at radius 1 is 1.00 bits per heavy atom. The van der Waals surface area contributed by atoms with Crippen molar-refractivity contribution in [1.82, 2.24) is 4.98 Å². The van der Waals surface area contributed by atoms with Crippen molar-refractivity contribution in [1.29, 1.82) is 0 Å². The molecule has 1 aliphatic rings. The molecule has 0 spiro atoms. The third-order valence-corrected chi connectivity index (χ3v) is 7.46. The van der Waals surface area contributed by atoms with Crippen molar-refractivity contribution < 1.29 is 13.2 Å². The highest BCUT2D eigenvalue weighted by atomic mass is 32.2. The van der Waals surface area contributed by atoms with Crippen molar-refractivity contribution in [3.63, 3.8) is 0 Å². The van der Waals surface area contributed by atoms with Crippen molar-refractivity contribution in [2.75, 3.05) is 16.2 Å². The van der Waals surface area contributed by atoms with Crippen LogP contribution in [-0.4, -0.2) is 25.9 Å². The van der Waals surface area contributed by atoms with E-state index in [1.807, 2.05) is 24.3 Å². The molecular formula is C22H17N3O3S2. The zero-order chi connectivity index (χ0) is 20.7. The number of aromatic nitrogens is 1. The molecule has 0 saturated carbocycles. The summed E-state index contributed by atoms with van der Waals surface area (Å²) in [6.07, 6.45) is 0.843. The number of amides is 1. The van der Waals surface area contributed by atoms with Gasteiger partial charge in [0.2, 0.25) is 0 Å². The lowest BCUT2D eigenvalue weighted by molar-refractivity contribution is 0.0989. The van der Waals surface area contributed by atoms with E-state index in [0.717, 1.165) is 16.8 Å². The maximum atomic E-state index is 13.1. The molecule has 30 heavy (non-hydrogen) atoms. The largest absolute Gasteiger partial charge is 0.308 e. The van der Waals surface area contributed by atoms with Gasteiger partial charge in [-0.2, -0.15) is 0 Å². The SMILES string of the molecule is O=C(c1ccc2nc(NS(=O)(=O)c3ccccc3)sc2c1)N1CCc2ccccc21. The Balaban J connectivity index is 1.43. The van der Waals surface area contributed by atoms with E-state index in [1.54, 1.807) is 41.3 Å². The molecule has 1 aromatic heterocycles. The molecule has 0 fully saturated rings. The smallest absolute Gasteiger partial charge is 0.263 e. The van der Waals surface area contributed by atoms with E-state index in [-0.39, 0.29) is 15.9 Å². The summed E-state index contributed by atoms with van der Waals surface area (Å²) in [5.74, 6) is -0.0679. The van der Waals surface area contributed by atoms with Crippen molar-refractivity contribution >= 4 is 48.3 Å². The Bertz CT molecular complexity index is 1360. The Morgan fingerprint density at radius 2 is 1.77 bits per heavy atom. The number of nitrogens with zero attached hydrogens (tertiary/aromatic N) is 2. The molecule has 0 bridgehead atoms. The van der Waals surface area contributed by atoms with Gasteiger partial charge < -0.3 is 4.90 Å². The first-order chi connectivity index (χ1) is 14.5. The van der Waals surface area contributed by atoms with Gasteiger partial charge in [0.05, 0.1) is 15.1 Å². The third kappa shape index (κ3) is 3.34. The number of hydrogen-bond acceptors (Lipinski definition) is 5. The molecule has 0 atom stereocenters. The second-order valence-electron chi connectivity index (χ2n) is 6.96. The van der Waals surface area contributed by atoms with Crippen LogP contribution < -0.4 is 9.62 Å². The maximum Gasteiger partial charge on any atom is 0.263 e. The minimum Gasteiger partial charge on any atom is -0.308 e. The summed E-state index contributed by atoms with van der Waals surface area (Å²) in [6.45, 7) is 0.654. The van der Waals surface area contributed by atoms with Gasteiger partial charge in [0.15, 0.2) is 5.13 Å². The molecule has 1 aliphatic heterocycles. The number of carbonyl (C=O) groups excluding carboxylic acids is 1. The predicted molar refractivity (Wildman–Crippen MR) is 119 cm³/mol. The van der Waals surface area contributed by atoms with Gasteiger partial charge in [0, 0.05) is 17.8 Å². The fourth-order valence-corrected chi connectivity index (χ4v) is 5.74. The predicted octanol–water partition coefficient (Wildman–Crippen LogP) is 4.30. The Kier molecular flexibility index (Phi) is 4.52. The van der Waals surface area contributed by atoms with Crippen molar-refractivity contribution in [3.8, 4) is 0 Å². The fourth-order valence-electron chi connectivity index (χ4n) is 3.58. The first kappa shape index (κ1) is 18.8. The van der Waals surface area contributed by atoms with E-state index >= 15 is 0 Å². The number of thiazole rings is 1. The van der Waals surface area contributed by atoms with E-state index in [1.165, 1.54) is 29.0 Å². The van der Waals surface area contributed by atoms with E-state index in [0.29, 0.717) is 17.6 Å². The van der Waals surface area contributed by atoms with Crippen LogP contribution >= 0.6 is 11.3 Å². The van der Waals surface area contributed by atoms with Gasteiger partial charge in [0.25, 0.3) is 15.9 Å². The fraction of sp³-hybridized carbons (Fsp3) is 0.0909. The Morgan fingerprint density at radius 3 is 2.60 bits per heavy atom. The highest BCUT2D eigenvalue weighted by molar-refractivity contribution is 7.93. The van der Waals surface area contributed by atoms with Gasteiger partial charge in [-0.15, -0.1) is 0 Å². The number of rotatable bonds is 4. The van der Waals surface area contributed by atoms with Gasteiger partial charge in [-0.3, -0.25) is 9.52 Å². The molecule has 150 valence electrons. The lowest BCUT2D eigenvalue weighted by Crippen LogP contribution is -2.28. The third-order valence-electron chi connectivity index (χ3n) is 5.04. The summed E-state index contributed by atoms with van der Waals surface area (Å²) < 4.78 is 28.4. The van der Waals surface area contributed by atoms with Gasteiger partial charge in [-0.25, -0.2) is 13.4 Å². The number of benzene rings is 3. The zero-order valence-corrected chi connectivity index (χ0v) is 17.4. The minimum atomic E-state index is -3.71. The molecule has 3 aromatic carbocycles. The van der Waals surface area contributed by atoms with Crippen LogP contribution in [-0.2, 0) is 16.4 Å². The summed E-state index contributed by atoms with van der Waals surface area (Å²) in [6, 6.07) is 21.3. The second-order valence-corrected chi connectivity index (χ2v) is 9.67. The molecule has 1 N–H and O–H groups in total. The number of fused-ring (bicyclic) bond motifs is 2. The minimum absolute atomic E-state index is 0.0679. The summed E-state index contributed by atoms with van der Waals surface area (Å²) >= 11 is 1.21. The van der Waals surface area contributed by atoms with E-state index in [2.05, 4.69) is 9.71 Å². The Labute approximate surface area is 177 Å². The highest BCUT2D eigenvalue weighted by Crippen LogP contribution is 2.32. The van der Waals surface area contributed by atoms with Gasteiger partial charge in [-0.05, 0) is 48.4 Å². The topological polar surface area (TPSA) is 79.4 Å². The molecular weight excluding hydrogens is 418 g/mol. The van der Waals surface area contributed by atoms with Crippen LogP contribution in [0.3, 0.4) is 0 Å².